The number of hydrogen-bond acceptors (Lipinski definition) is 8. The third-order valence-electron chi connectivity index (χ3n) is 5.10. The molecule has 8 nitrogen and oxygen atoms in total. The lowest BCUT2D eigenvalue weighted by Crippen LogP contribution is -2.20. The Hall–Kier alpha value is -4.50. The number of fused-ring (bicyclic) bond motifs is 1. The van der Waals surface area contributed by atoms with Gasteiger partial charge >= 0.3 is 5.97 Å². The second-order valence-electron chi connectivity index (χ2n) is 7.61. The molecule has 5 rings (SSSR count). The van der Waals surface area contributed by atoms with Gasteiger partial charge in [0, 0.05) is 11.1 Å². The Morgan fingerprint density at radius 2 is 1.46 bits per heavy atom. The van der Waals surface area contributed by atoms with Crippen LogP contribution in [0.3, 0.4) is 0 Å². The van der Waals surface area contributed by atoms with E-state index in [-0.39, 0.29) is 5.56 Å². The number of rotatable bonds is 6. The molecule has 1 N–H and O–H groups in total. The molecular weight excluding hydrogens is 462 g/mol. The first-order valence-electron chi connectivity index (χ1n) is 10.8. The number of aromatic nitrogens is 4. The van der Waals surface area contributed by atoms with Crippen LogP contribution in [0.25, 0.3) is 33.5 Å². The summed E-state index contributed by atoms with van der Waals surface area (Å²) < 4.78 is 5.18. The van der Waals surface area contributed by atoms with Gasteiger partial charge in [0.2, 0.25) is 5.13 Å². The van der Waals surface area contributed by atoms with Crippen molar-refractivity contribution in [3.63, 3.8) is 0 Å². The molecule has 0 aliphatic rings. The Kier molecular flexibility index (Phi) is 6.23. The summed E-state index contributed by atoms with van der Waals surface area (Å²) in [5.41, 5.74) is 4.79. The first-order valence-corrected chi connectivity index (χ1v) is 11.6. The van der Waals surface area contributed by atoms with Gasteiger partial charge in [-0.3, -0.25) is 10.1 Å². The van der Waals surface area contributed by atoms with Crippen LogP contribution < -0.4 is 5.32 Å². The maximum absolute atomic E-state index is 12.6. The van der Waals surface area contributed by atoms with Crippen molar-refractivity contribution >= 4 is 39.4 Å². The third-order valence-corrected chi connectivity index (χ3v) is 5.86. The minimum atomic E-state index is -0.634. The number of carbonyl (C=O) groups excluding carboxylic acids is 2. The van der Waals surface area contributed by atoms with E-state index in [1.165, 1.54) is 11.3 Å². The van der Waals surface area contributed by atoms with Gasteiger partial charge in [-0.15, -0.1) is 10.2 Å². The molecule has 0 aliphatic heterocycles. The molecule has 172 valence electrons. The van der Waals surface area contributed by atoms with Crippen molar-refractivity contribution in [1.29, 1.82) is 0 Å². The SMILES string of the molecule is Cc1nnc(NC(=O)COC(=O)c2ccc3nc(-c4ccccc4)c(-c4ccccc4)nc3c2)s1. The summed E-state index contributed by atoms with van der Waals surface area (Å²) in [6, 6.07) is 24.6. The standard InChI is InChI=1S/C26H19N5O3S/c1-16-30-31-26(35-16)29-22(32)15-34-25(33)19-12-13-20-21(14-19)28-24(18-10-6-3-7-11-18)23(27-20)17-8-4-2-5-9-17/h2-14H,15H2,1H3,(H,29,31,32). The molecule has 0 saturated heterocycles. The summed E-state index contributed by atoms with van der Waals surface area (Å²) in [5.74, 6) is -1.13. The van der Waals surface area contributed by atoms with E-state index in [1.807, 2.05) is 60.7 Å². The fraction of sp³-hybridized carbons (Fsp3) is 0.0769. The van der Waals surface area contributed by atoms with Crippen LogP contribution in [0.4, 0.5) is 5.13 Å². The number of amides is 1. The highest BCUT2D eigenvalue weighted by molar-refractivity contribution is 7.15. The van der Waals surface area contributed by atoms with Crippen molar-refractivity contribution in [3.05, 3.63) is 89.4 Å². The molecule has 0 saturated carbocycles. The summed E-state index contributed by atoms with van der Waals surface area (Å²) >= 11 is 1.24. The minimum Gasteiger partial charge on any atom is -0.452 e. The van der Waals surface area contributed by atoms with Crippen LogP contribution in [0.5, 0.6) is 0 Å². The zero-order valence-electron chi connectivity index (χ0n) is 18.6. The van der Waals surface area contributed by atoms with Crippen molar-refractivity contribution in [1.82, 2.24) is 20.2 Å². The van der Waals surface area contributed by atoms with Crippen LogP contribution >= 0.6 is 11.3 Å². The van der Waals surface area contributed by atoms with E-state index in [4.69, 9.17) is 14.7 Å². The van der Waals surface area contributed by atoms with E-state index in [0.29, 0.717) is 21.9 Å². The zero-order valence-corrected chi connectivity index (χ0v) is 19.5. The number of nitrogens with zero attached hydrogens (tertiary/aromatic N) is 4. The summed E-state index contributed by atoms with van der Waals surface area (Å²) in [6.07, 6.45) is 0. The lowest BCUT2D eigenvalue weighted by Gasteiger charge is -2.11. The maximum atomic E-state index is 12.6. The highest BCUT2D eigenvalue weighted by Gasteiger charge is 2.16. The number of carbonyl (C=O) groups is 2. The normalized spacial score (nSPS) is 10.8. The molecule has 0 bridgehead atoms. The average molecular weight is 482 g/mol. The largest absolute Gasteiger partial charge is 0.452 e. The van der Waals surface area contributed by atoms with E-state index >= 15 is 0 Å². The highest BCUT2D eigenvalue weighted by Crippen LogP contribution is 2.31. The molecule has 0 atom stereocenters. The Balaban J connectivity index is 1.42. The molecule has 5 aromatic rings. The molecule has 0 radical (unpaired) electrons. The lowest BCUT2D eigenvalue weighted by molar-refractivity contribution is -0.119. The summed E-state index contributed by atoms with van der Waals surface area (Å²) in [6.45, 7) is 1.34. The first kappa shape index (κ1) is 22.3. The van der Waals surface area contributed by atoms with Crippen LogP contribution in [0.2, 0.25) is 0 Å². The first-order chi connectivity index (χ1) is 17.1. The highest BCUT2D eigenvalue weighted by atomic mass is 32.1. The van der Waals surface area contributed by atoms with Gasteiger partial charge in [0.15, 0.2) is 6.61 Å². The molecule has 0 aliphatic carbocycles. The molecule has 9 heteroatoms. The molecule has 35 heavy (non-hydrogen) atoms. The fourth-order valence-electron chi connectivity index (χ4n) is 3.49. The Bertz CT molecular complexity index is 1520. The number of nitrogens with one attached hydrogen (secondary N) is 1. The topological polar surface area (TPSA) is 107 Å². The van der Waals surface area contributed by atoms with Crippen LogP contribution in [-0.4, -0.2) is 38.6 Å². The second kappa shape index (κ2) is 9.78. The fourth-order valence-corrected chi connectivity index (χ4v) is 4.10. The van der Waals surface area contributed by atoms with Gasteiger partial charge in [-0.2, -0.15) is 0 Å². The van der Waals surface area contributed by atoms with Crippen molar-refractivity contribution in [3.8, 4) is 22.5 Å². The monoisotopic (exact) mass is 481 g/mol. The van der Waals surface area contributed by atoms with E-state index in [2.05, 4.69) is 15.5 Å². The van der Waals surface area contributed by atoms with Gasteiger partial charge in [0.1, 0.15) is 5.01 Å². The number of esters is 1. The predicted octanol–water partition coefficient (Wildman–Crippen LogP) is 4.92. The number of hydrogen-bond donors (Lipinski definition) is 1. The van der Waals surface area contributed by atoms with Gasteiger partial charge < -0.3 is 4.74 Å². The van der Waals surface area contributed by atoms with Gasteiger partial charge in [0.05, 0.1) is 28.0 Å². The summed E-state index contributed by atoms with van der Waals surface area (Å²) in [7, 11) is 0. The Morgan fingerprint density at radius 3 is 2.06 bits per heavy atom. The maximum Gasteiger partial charge on any atom is 0.338 e. The molecule has 1 amide bonds. The molecule has 0 fully saturated rings. The molecule has 3 aromatic carbocycles. The molecule has 2 heterocycles. The van der Waals surface area contributed by atoms with Crippen LogP contribution in [0.1, 0.15) is 15.4 Å². The van der Waals surface area contributed by atoms with Gasteiger partial charge in [-0.25, -0.2) is 14.8 Å². The molecular formula is C26H19N5O3S. The number of ether oxygens (including phenoxy) is 1. The van der Waals surface area contributed by atoms with Crippen molar-refractivity contribution < 1.29 is 14.3 Å². The van der Waals surface area contributed by atoms with E-state index < -0.39 is 18.5 Å². The average Bonchev–Trinajstić information content (AvgIpc) is 3.31. The van der Waals surface area contributed by atoms with Crippen LogP contribution in [-0.2, 0) is 9.53 Å². The van der Waals surface area contributed by atoms with Gasteiger partial charge in [-0.1, -0.05) is 72.0 Å². The van der Waals surface area contributed by atoms with Crippen LogP contribution in [0.15, 0.2) is 78.9 Å². The van der Waals surface area contributed by atoms with Crippen molar-refractivity contribution in [2.45, 2.75) is 6.92 Å². The Morgan fingerprint density at radius 1 is 0.829 bits per heavy atom. The van der Waals surface area contributed by atoms with Crippen molar-refractivity contribution in [2.24, 2.45) is 0 Å². The predicted molar refractivity (Wildman–Crippen MR) is 134 cm³/mol. The minimum absolute atomic E-state index is 0.276. The quantitative estimate of drug-likeness (QED) is 0.343. The smallest absolute Gasteiger partial charge is 0.338 e. The molecule has 0 spiro atoms. The number of benzene rings is 3. The summed E-state index contributed by atoms with van der Waals surface area (Å²) in [4.78, 5) is 34.4. The number of aryl methyl sites for hydroxylation is 1. The van der Waals surface area contributed by atoms with E-state index in [1.54, 1.807) is 25.1 Å². The molecule has 0 unspecified atom stereocenters. The van der Waals surface area contributed by atoms with Crippen molar-refractivity contribution in [2.75, 3.05) is 11.9 Å². The molecule has 2 aromatic heterocycles. The third kappa shape index (κ3) is 5.04. The van der Waals surface area contributed by atoms with E-state index in [0.717, 1.165) is 21.8 Å². The van der Waals surface area contributed by atoms with Crippen LogP contribution in [0, 0.1) is 6.92 Å². The van der Waals surface area contributed by atoms with Gasteiger partial charge in [0.25, 0.3) is 5.91 Å². The van der Waals surface area contributed by atoms with Gasteiger partial charge in [-0.05, 0) is 25.1 Å². The summed E-state index contributed by atoms with van der Waals surface area (Å²) in [5, 5.41) is 11.3. The zero-order chi connectivity index (χ0) is 24.2. The number of anilines is 1. The Labute approximate surface area is 204 Å². The lowest BCUT2D eigenvalue weighted by atomic mass is 10.0. The second-order valence-corrected chi connectivity index (χ2v) is 8.79. The van der Waals surface area contributed by atoms with E-state index in [9.17, 15) is 9.59 Å².